The fourth-order valence-corrected chi connectivity index (χ4v) is 2.49. The molecule has 0 radical (unpaired) electrons. The zero-order chi connectivity index (χ0) is 13.4. The lowest BCUT2D eigenvalue weighted by Crippen LogP contribution is -2.25. The molecule has 0 atom stereocenters. The van der Waals surface area contributed by atoms with Gasteiger partial charge in [0.05, 0.1) is 11.6 Å². The summed E-state index contributed by atoms with van der Waals surface area (Å²) in [4.78, 5) is 0. The van der Waals surface area contributed by atoms with Crippen LogP contribution >= 0.6 is 0 Å². The van der Waals surface area contributed by atoms with Crippen molar-refractivity contribution >= 4 is 21.9 Å². The van der Waals surface area contributed by atoms with Crippen LogP contribution in [-0.4, -0.2) is 0 Å². The van der Waals surface area contributed by atoms with Gasteiger partial charge in [-0.25, -0.2) is 0 Å². The summed E-state index contributed by atoms with van der Waals surface area (Å²) in [7, 11) is 0. The Hall–Kier alpha value is -2.03. The third-order valence-electron chi connectivity index (χ3n) is 3.53. The summed E-state index contributed by atoms with van der Waals surface area (Å²) in [5.41, 5.74) is 2.56. The maximum Gasteiger partial charge on any atom is 0.224 e. The first kappa shape index (κ1) is 12.0. The van der Waals surface area contributed by atoms with Gasteiger partial charge in [0.15, 0.2) is 5.58 Å². The van der Waals surface area contributed by atoms with Gasteiger partial charge in [-0.05, 0) is 30.4 Å². The first-order valence-electron chi connectivity index (χ1n) is 6.68. The van der Waals surface area contributed by atoms with Gasteiger partial charge >= 0.3 is 0 Å². The Kier molecular flexibility index (Phi) is 2.90. The molecule has 3 nitrogen and oxygen atoms in total. The Morgan fingerprint density at radius 1 is 1.26 bits per heavy atom. The van der Waals surface area contributed by atoms with E-state index in [1.807, 2.05) is 24.3 Å². The molecule has 0 aliphatic heterocycles. The zero-order valence-electron chi connectivity index (χ0n) is 11.2. The number of fused-ring (bicyclic) bond motifs is 3. The summed E-state index contributed by atoms with van der Waals surface area (Å²) in [6, 6.07) is 7.68. The third-order valence-corrected chi connectivity index (χ3v) is 3.53. The van der Waals surface area contributed by atoms with E-state index in [0.29, 0.717) is 17.0 Å². The summed E-state index contributed by atoms with van der Waals surface area (Å²) < 4.78 is 6.43. The SMILES string of the molecule is CC(C)CCc1coc2c[n+]([O-])c3ccccc3c12. The van der Waals surface area contributed by atoms with Gasteiger partial charge in [-0.2, -0.15) is 4.73 Å². The van der Waals surface area contributed by atoms with Gasteiger partial charge in [0.2, 0.25) is 11.7 Å². The molecule has 0 saturated heterocycles. The highest BCUT2D eigenvalue weighted by molar-refractivity contribution is 6.03. The van der Waals surface area contributed by atoms with E-state index in [-0.39, 0.29) is 0 Å². The average molecular weight is 255 g/mol. The summed E-state index contributed by atoms with van der Waals surface area (Å²) in [6.07, 6.45) is 5.42. The fourth-order valence-electron chi connectivity index (χ4n) is 2.49. The molecule has 98 valence electrons. The van der Waals surface area contributed by atoms with E-state index in [0.717, 1.165) is 28.3 Å². The second-order valence-corrected chi connectivity index (χ2v) is 5.40. The third kappa shape index (κ3) is 2.05. The van der Waals surface area contributed by atoms with Crippen molar-refractivity contribution in [2.75, 3.05) is 0 Å². The molecule has 3 aromatic rings. The summed E-state index contributed by atoms with van der Waals surface area (Å²) in [6.45, 7) is 4.43. The number of para-hydroxylation sites is 1. The number of pyridine rings is 1. The van der Waals surface area contributed by atoms with E-state index in [9.17, 15) is 5.21 Å². The van der Waals surface area contributed by atoms with E-state index in [2.05, 4.69) is 13.8 Å². The Bertz CT molecular complexity index is 728. The van der Waals surface area contributed by atoms with Gasteiger partial charge in [-0.15, -0.1) is 0 Å². The van der Waals surface area contributed by atoms with Crippen LogP contribution in [0.2, 0.25) is 0 Å². The molecular weight excluding hydrogens is 238 g/mol. The first-order valence-corrected chi connectivity index (χ1v) is 6.68. The molecule has 0 N–H and O–H groups in total. The van der Waals surface area contributed by atoms with Crippen LogP contribution in [0.15, 0.2) is 41.1 Å². The van der Waals surface area contributed by atoms with Crippen LogP contribution in [0, 0.1) is 11.1 Å². The van der Waals surface area contributed by atoms with Crippen molar-refractivity contribution in [1.82, 2.24) is 0 Å². The van der Waals surface area contributed by atoms with E-state index in [1.165, 1.54) is 11.8 Å². The van der Waals surface area contributed by atoms with Crippen LogP contribution in [0.25, 0.3) is 21.9 Å². The van der Waals surface area contributed by atoms with Crippen LogP contribution in [-0.2, 0) is 6.42 Å². The quantitative estimate of drug-likeness (QED) is 0.527. The van der Waals surface area contributed by atoms with E-state index in [1.54, 1.807) is 6.26 Å². The molecule has 2 aromatic heterocycles. The van der Waals surface area contributed by atoms with Gasteiger partial charge in [0.25, 0.3) is 0 Å². The lowest BCUT2D eigenvalue weighted by Gasteiger charge is -2.05. The number of rotatable bonds is 3. The number of furan rings is 1. The Balaban J connectivity index is 2.23. The van der Waals surface area contributed by atoms with E-state index in [4.69, 9.17) is 4.42 Å². The monoisotopic (exact) mass is 255 g/mol. The number of benzene rings is 1. The second-order valence-electron chi connectivity index (χ2n) is 5.40. The largest absolute Gasteiger partial charge is 0.618 e. The van der Waals surface area contributed by atoms with E-state index >= 15 is 0 Å². The molecule has 0 amide bonds. The van der Waals surface area contributed by atoms with E-state index < -0.39 is 0 Å². The Morgan fingerprint density at radius 2 is 2.05 bits per heavy atom. The molecule has 3 rings (SSSR count). The molecule has 1 aromatic carbocycles. The van der Waals surface area contributed by atoms with Crippen molar-refractivity contribution in [3.63, 3.8) is 0 Å². The molecule has 2 heterocycles. The molecular formula is C16H17NO2. The average Bonchev–Trinajstić information content (AvgIpc) is 2.80. The van der Waals surface area contributed by atoms with Crippen molar-refractivity contribution < 1.29 is 9.15 Å². The van der Waals surface area contributed by atoms with Gasteiger partial charge in [-0.3, -0.25) is 0 Å². The minimum Gasteiger partial charge on any atom is -0.618 e. The topological polar surface area (TPSA) is 40.1 Å². The minimum absolute atomic E-state index is 0.657. The zero-order valence-corrected chi connectivity index (χ0v) is 11.2. The van der Waals surface area contributed by atoms with Crippen LogP contribution in [0.4, 0.5) is 0 Å². The lowest BCUT2D eigenvalue weighted by molar-refractivity contribution is -0.575. The van der Waals surface area contributed by atoms with Crippen LogP contribution < -0.4 is 4.73 Å². The van der Waals surface area contributed by atoms with Gasteiger partial charge in [-0.1, -0.05) is 26.0 Å². The van der Waals surface area contributed by atoms with Gasteiger partial charge in [0.1, 0.15) is 0 Å². The number of aromatic nitrogens is 1. The van der Waals surface area contributed by atoms with Crippen LogP contribution in [0.5, 0.6) is 0 Å². The van der Waals surface area contributed by atoms with Gasteiger partial charge in [0, 0.05) is 11.5 Å². The first-order chi connectivity index (χ1) is 9.16. The summed E-state index contributed by atoms with van der Waals surface area (Å²) in [5.74, 6) is 0.657. The van der Waals surface area contributed by atoms with Gasteiger partial charge < -0.3 is 9.62 Å². The molecule has 0 aliphatic carbocycles. The number of hydrogen-bond donors (Lipinski definition) is 0. The predicted molar refractivity (Wildman–Crippen MR) is 75.8 cm³/mol. The maximum atomic E-state index is 11.9. The molecule has 0 saturated carbocycles. The lowest BCUT2D eigenvalue weighted by atomic mass is 10.0. The van der Waals surface area contributed by atoms with Crippen LogP contribution in [0.3, 0.4) is 0 Å². The Morgan fingerprint density at radius 3 is 2.84 bits per heavy atom. The maximum absolute atomic E-state index is 11.9. The predicted octanol–water partition coefficient (Wildman–Crippen LogP) is 3.81. The molecule has 19 heavy (non-hydrogen) atoms. The molecule has 0 bridgehead atoms. The fraction of sp³-hybridized carbons (Fsp3) is 0.312. The highest BCUT2D eigenvalue weighted by Crippen LogP contribution is 2.28. The van der Waals surface area contributed by atoms with Crippen molar-refractivity contribution in [2.45, 2.75) is 26.7 Å². The molecule has 0 fully saturated rings. The molecule has 0 aliphatic rings. The van der Waals surface area contributed by atoms with Crippen molar-refractivity contribution in [2.24, 2.45) is 5.92 Å². The highest BCUT2D eigenvalue weighted by atomic mass is 16.5. The summed E-state index contributed by atoms with van der Waals surface area (Å²) in [5, 5.41) is 14.0. The molecule has 0 spiro atoms. The Labute approximate surface area is 112 Å². The normalized spacial score (nSPS) is 11.7. The van der Waals surface area contributed by atoms with Crippen molar-refractivity contribution in [1.29, 1.82) is 0 Å². The number of nitrogens with zero attached hydrogens (tertiary/aromatic N) is 1. The van der Waals surface area contributed by atoms with Crippen molar-refractivity contribution in [3.05, 3.63) is 47.5 Å². The standard InChI is InChI=1S/C16H17NO2/c1-11(2)7-8-12-10-19-15-9-17(18)14-6-4-3-5-13(14)16(12)15/h3-6,9-11H,7-8H2,1-2H3. The minimum atomic E-state index is 0.657. The number of hydrogen-bond acceptors (Lipinski definition) is 2. The molecule has 3 heteroatoms. The molecule has 0 unspecified atom stereocenters. The number of aryl methyl sites for hydroxylation is 1. The smallest absolute Gasteiger partial charge is 0.224 e. The summed E-state index contributed by atoms with van der Waals surface area (Å²) >= 11 is 0. The van der Waals surface area contributed by atoms with Crippen LogP contribution in [0.1, 0.15) is 25.8 Å². The second kappa shape index (κ2) is 4.57. The van der Waals surface area contributed by atoms with Crippen molar-refractivity contribution in [3.8, 4) is 0 Å². The highest BCUT2D eigenvalue weighted by Gasteiger charge is 2.15.